The lowest BCUT2D eigenvalue weighted by molar-refractivity contribution is 1.01. The van der Waals surface area contributed by atoms with E-state index in [-0.39, 0.29) is 0 Å². The van der Waals surface area contributed by atoms with E-state index in [2.05, 4.69) is 33.3 Å². The molecule has 0 unspecified atom stereocenters. The Bertz CT molecular complexity index is 870. The molecule has 0 aliphatic heterocycles. The molecule has 0 N–H and O–H groups in total. The van der Waals surface area contributed by atoms with Gasteiger partial charge < -0.3 is 0 Å². The average molecular weight is 342 g/mol. The highest BCUT2D eigenvalue weighted by atomic mass is 15.1. The fourth-order valence-corrected chi connectivity index (χ4v) is 2.11. The molecule has 4 nitrogen and oxygen atoms in total. The van der Waals surface area contributed by atoms with Crippen LogP contribution in [0.4, 0.5) is 0 Å². The van der Waals surface area contributed by atoms with E-state index in [1.807, 2.05) is 73.7 Å². The van der Waals surface area contributed by atoms with E-state index in [9.17, 15) is 0 Å². The predicted octanol–water partition coefficient (Wildman–Crippen LogP) is 4.87. The maximum Gasteiger partial charge on any atom is 0.111 e. The van der Waals surface area contributed by atoms with Gasteiger partial charge in [-0.3, -0.25) is 9.98 Å². The molecular formula is C22H22N4. The zero-order chi connectivity index (χ0) is 18.8. The summed E-state index contributed by atoms with van der Waals surface area (Å²) in [5.74, 6) is 0. The fourth-order valence-electron chi connectivity index (χ4n) is 2.11. The van der Waals surface area contributed by atoms with Gasteiger partial charge in [-0.1, -0.05) is 49.6 Å². The Balaban J connectivity index is 2.09. The number of pyridine rings is 1. The summed E-state index contributed by atoms with van der Waals surface area (Å²) in [6, 6.07) is 9.45. The lowest BCUT2D eigenvalue weighted by Gasteiger charge is -2.03. The van der Waals surface area contributed by atoms with Crippen molar-refractivity contribution in [2.24, 2.45) is 4.99 Å². The summed E-state index contributed by atoms with van der Waals surface area (Å²) in [7, 11) is 1.73. The van der Waals surface area contributed by atoms with Gasteiger partial charge in [0, 0.05) is 13.2 Å². The molecule has 0 amide bonds. The molecule has 0 saturated carbocycles. The van der Waals surface area contributed by atoms with Crippen molar-refractivity contribution in [3.05, 3.63) is 97.4 Å². The number of aliphatic imine (C=N–C) groups is 1. The molecule has 26 heavy (non-hydrogen) atoms. The van der Waals surface area contributed by atoms with Crippen LogP contribution in [-0.2, 0) is 0 Å². The van der Waals surface area contributed by atoms with Crippen molar-refractivity contribution in [3.8, 4) is 11.4 Å². The lowest BCUT2D eigenvalue weighted by Crippen LogP contribution is -1.97. The van der Waals surface area contributed by atoms with Crippen molar-refractivity contribution in [2.75, 3.05) is 7.05 Å². The molecule has 0 radical (unpaired) electrons. The Morgan fingerprint density at radius 2 is 1.81 bits per heavy atom. The van der Waals surface area contributed by atoms with Crippen molar-refractivity contribution in [3.63, 3.8) is 0 Å². The molecule has 0 aromatic carbocycles. The molecule has 0 bridgehead atoms. The first kappa shape index (κ1) is 18.9. The Kier molecular flexibility index (Phi) is 7.13. The number of hydrogen-bond acceptors (Lipinski definition) is 4. The fraction of sp³-hybridized carbons (Fsp3) is 0.0909. The normalized spacial score (nSPS) is 12.3. The van der Waals surface area contributed by atoms with Gasteiger partial charge in [-0.25, -0.2) is 0 Å². The lowest BCUT2D eigenvalue weighted by atomic mass is 10.1. The Morgan fingerprint density at radius 3 is 2.42 bits per heavy atom. The third-order valence-electron chi connectivity index (χ3n) is 3.53. The molecule has 2 aromatic heterocycles. The summed E-state index contributed by atoms with van der Waals surface area (Å²) >= 11 is 0. The summed E-state index contributed by atoms with van der Waals surface area (Å²) in [4.78, 5) is 8.52. The maximum atomic E-state index is 4.27. The molecule has 0 saturated heterocycles. The highest BCUT2D eigenvalue weighted by Gasteiger charge is 2.03. The molecule has 0 spiro atoms. The van der Waals surface area contributed by atoms with E-state index in [1.165, 1.54) is 0 Å². The van der Waals surface area contributed by atoms with Crippen LogP contribution in [0.2, 0.25) is 0 Å². The third-order valence-corrected chi connectivity index (χ3v) is 3.53. The van der Waals surface area contributed by atoms with E-state index in [0.717, 1.165) is 28.2 Å². The standard InChI is InChI=1S/C22H22N4/c1-5-6-7-10-17(2)19(23-4)13-12-18(3)20-14-15-22(26-25-20)21-11-8-9-16-24-21/h5-16H,2-3H2,1,4H3/b6-5-,10-7-,13-12-,23-19?. The van der Waals surface area contributed by atoms with E-state index in [1.54, 1.807) is 13.2 Å². The number of hydrogen-bond donors (Lipinski definition) is 0. The first-order chi connectivity index (χ1) is 12.7. The second kappa shape index (κ2) is 9.79. The van der Waals surface area contributed by atoms with Crippen molar-refractivity contribution in [2.45, 2.75) is 6.92 Å². The number of rotatable bonds is 7. The Hall–Kier alpha value is -3.40. The molecule has 2 aromatic rings. The molecular weight excluding hydrogens is 320 g/mol. The summed E-state index contributed by atoms with van der Waals surface area (Å²) < 4.78 is 0. The van der Waals surface area contributed by atoms with Crippen molar-refractivity contribution >= 4 is 11.3 Å². The molecule has 0 atom stereocenters. The number of nitrogens with zero attached hydrogens (tertiary/aromatic N) is 4. The molecule has 2 rings (SSSR count). The van der Waals surface area contributed by atoms with E-state index in [0.29, 0.717) is 5.69 Å². The van der Waals surface area contributed by atoms with Crippen molar-refractivity contribution in [1.29, 1.82) is 0 Å². The van der Waals surface area contributed by atoms with Gasteiger partial charge in [0.15, 0.2) is 0 Å². The maximum absolute atomic E-state index is 4.27. The first-order valence-electron chi connectivity index (χ1n) is 8.23. The second-order valence-corrected chi connectivity index (χ2v) is 5.40. The summed E-state index contributed by atoms with van der Waals surface area (Å²) in [6.07, 6.45) is 13.2. The second-order valence-electron chi connectivity index (χ2n) is 5.40. The van der Waals surface area contributed by atoms with Crippen LogP contribution >= 0.6 is 0 Å². The zero-order valence-corrected chi connectivity index (χ0v) is 15.1. The average Bonchev–Trinajstić information content (AvgIpc) is 2.69. The van der Waals surface area contributed by atoms with Crippen LogP contribution in [0, 0.1) is 0 Å². The molecule has 2 heterocycles. The van der Waals surface area contributed by atoms with Crippen molar-refractivity contribution in [1.82, 2.24) is 15.2 Å². The SMILES string of the molecule is C=C(/C=C\C=C/C)C(/C=C\C(=C)c1ccc(-c2ccccn2)nn1)=NC. The third kappa shape index (κ3) is 5.31. The van der Waals surface area contributed by atoms with Gasteiger partial charge in [-0.2, -0.15) is 0 Å². The number of aromatic nitrogens is 3. The zero-order valence-electron chi connectivity index (χ0n) is 15.1. The summed E-state index contributed by atoms with van der Waals surface area (Å²) in [5, 5.41) is 8.47. The van der Waals surface area contributed by atoms with E-state index >= 15 is 0 Å². The largest absolute Gasteiger partial charge is 0.288 e. The predicted molar refractivity (Wildman–Crippen MR) is 110 cm³/mol. The van der Waals surface area contributed by atoms with Gasteiger partial charge in [0.2, 0.25) is 0 Å². The van der Waals surface area contributed by atoms with Crippen LogP contribution in [0.15, 0.2) is 96.7 Å². The molecule has 0 fully saturated rings. The van der Waals surface area contributed by atoms with Crippen LogP contribution in [0.3, 0.4) is 0 Å². The van der Waals surface area contributed by atoms with Gasteiger partial charge in [-0.05, 0) is 48.4 Å². The van der Waals surface area contributed by atoms with Gasteiger partial charge >= 0.3 is 0 Å². The highest BCUT2D eigenvalue weighted by molar-refractivity contribution is 6.10. The van der Waals surface area contributed by atoms with Crippen LogP contribution in [0.5, 0.6) is 0 Å². The molecule has 130 valence electrons. The quantitative estimate of drug-likeness (QED) is 0.533. The topological polar surface area (TPSA) is 51.0 Å². The van der Waals surface area contributed by atoms with Crippen LogP contribution in [-0.4, -0.2) is 27.9 Å². The van der Waals surface area contributed by atoms with Gasteiger partial charge in [0.25, 0.3) is 0 Å². The van der Waals surface area contributed by atoms with E-state index < -0.39 is 0 Å². The minimum absolute atomic E-state index is 0.700. The smallest absolute Gasteiger partial charge is 0.111 e. The monoisotopic (exact) mass is 342 g/mol. The Labute approximate surface area is 154 Å². The molecule has 4 heteroatoms. The van der Waals surface area contributed by atoms with E-state index in [4.69, 9.17) is 0 Å². The Morgan fingerprint density at radius 1 is 0.962 bits per heavy atom. The summed E-state index contributed by atoms with van der Waals surface area (Å²) in [5.41, 5.74) is 4.57. The van der Waals surface area contributed by atoms with Crippen LogP contribution < -0.4 is 0 Å². The van der Waals surface area contributed by atoms with Gasteiger partial charge in [0.1, 0.15) is 5.69 Å². The summed E-state index contributed by atoms with van der Waals surface area (Å²) in [6.45, 7) is 10.0. The molecule has 0 aliphatic carbocycles. The molecule has 0 aliphatic rings. The first-order valence-corrected chi connectivity index (χ1v) is 8.23. The number of allylic oxidation sites excluding steroid dienone is 8. The minimum Gasteiger partial charge on any atom is -0.288 e. The highest BCUT2D eigenvalue weighted by Crippen LogP contribution is 2.16. The van der Waals surface area contributed by atoms with Gasteiger partial charge in [-0.15, -0.1) is 10.2 Å². The van der Waals surface area contributed by atoms with Crippen LogP contribution in [0.25, 0.3) is 17.0 Å². The van der Waals surface area contributed by atoms with Gasteiger partial charge in [0.05, 0.1) is 17.1 Å². The van der Waals surface area contributed by atoms with Crippen LogP contribution in [0.1, 0.15) is 12.6 Å². The minimum atomic E-state index is 0.700. The van der Waals surface area contributed by atoms with Crippen molar-refractivity contribution < 1.29 is 0 Å².